The van der Waals surface area contributed by atoms with Gasteiger partial charge in [0.05, 0.1) is 5.92 Å². The number of ether oxygens (including phenoxy) is 1. The Hall–Kier alpha value is -1.26. The third-order valence-corrected chi connectivity index (χ3v) is 2.51. The summed E-state index contributed by atoms with van der Waals surface area (Å²) >= 11 is 0. The molecule has 1 amide bonds. The van der Waals surface area contributed by atoms with Gasteiger partial charge in [-0.25, -0.2) is 4.79 Å². The van der Waals surface area contributed by atoms with Gasteiger partial charge in [-0.3, -0.25) is 4.79 Å². The average molecular weight is 259 g/mol. The van der Waals surface area contributed by atoms with Crippen LogP contribution in [0.2, 0.25) is 0 Å². The first kappa shape index (κ1) is 16.7. The Morgan fingerprint density at radius 2 is 1.78 bits per heavy atom. The van der Waals surface area contributed by atoms with E-state index in [4.69, 9.17) is 9.84 Å². The molecule has 1 unspecified atom stereocenters. The van der Waals surface area contributed by atoms with E-state index in [1.807, 2.05) is 13.8 Å². The average Bonchev–Trinajstić information content (AvgIpc) is 2.14. The Labute approximate surface area is 109 Å². The number of carboxylic acids is 1. The lowest BCUT2D eigenvalue weighted by Gasteiger charge is -2.31. The van der Waals surface area contributed by atoms with Crippen LogP contribution in [0.3, 0.4) is 0 Å². The molecule has 106 valence electrons. The van der Waals surface area contributed by atoms with Crippen LogP contribution in [0.25, 0.3) is 0 Å². The van der Waals surface area contributed by atoms with Crippen molar-refractivity contribution >= 4 is 12.1 Å². The fourth-order valence-corrected chi connectivity index (χ4v) is 1.44. The van der Waals surface area contributed by atoms with Crippen molar-refractivity contribution in [2.75, 3.05) is 6.54 Å². The Morgan fingerprint density at radius 1 is 1.28 bits per heavy atom. The third kappa shape index (κ3) is 5.89. The second kappa shape index (κ2) is 6.61. The van der Waals surface area contributed by atoms with Gasteiger partial charge >= 0.3 is 12.1 Å². The lowest BCUT2D eigenvalue weighted by Crippen LogP contribution is -2.44. The number of hydrogen-bond acceptors (Lipinski definition) is 3. The highest BCUT2D eigenvalue weighted by Gasteiger charge is 2.28. The standard InChI is InChI=1S/C13H25NO4/c1-7-10(11(15)16)8-14(9(2)3)12(17)18-13(4,5)6/h9-10H,7-8H2,1-6H3,(H,15,16). The van der Waals surface area contributed by atoms with Crippen molar-refractivity contribution in [2.24, 2.45) is 5.92 Å². The van der Waals surface area contributed by atoms with Crippen LogP contribution in [-0.4, -0.2) is 40.3 Å². The molecule has 0 aromatic heterocycles. The summed E-state index contributed by atoms with van der Waals surface area (Å²) in [5.41, 5.74) is -0.574. The fourth-order valence-electron chi connectivity index (χ4n) is 1.44. The highest BCUT2D eigenvalue weighted by molar-refractivity contribution is 5.73. The third-order valence-electron chi connectivity index (χ3n) is 2.51. The van der Waals surface area contributed by atoms with Crippen molar-refractivity contribution in [1.82, 2.24) is 4.90 Å². The maximum absolute atomic E-state index is 12.0. The second-order valence-electron chi connectivity index (χ2n) is 5.67. The van der Waals surface area contributed by atoms with E-state index < -0.39 is 23.6 Å². The van der Waals surface area contributed by atoms with Crippen LogP contribution in [0.5, 0.6) is 0 Å². The molecule has 0 rings (SSSR count). The quantitative estimate of drug-likeness (QED) is 0.824. The molecule has 5 heteroatoms. The zero-order valence-corrected chi connectivity index (χ0v) is 12.2. The Balaban J connectivity index is 4.76. The zero-order valence-electron chi connectivity index (χ0n) is 12.2. The van der Waals surface area contributed by atoms with Crippen molar-refractivity contribution in [3.8, 4) is 0 Å². The molecule has 0 aliphatic rings. The molecule has 0 aromatic rings. The van der Waals surface area contributed by atoms with Crippen LogP contribution in [0.1, 0.15) is 48.0 Å². The van der Waals surface area contributed by atoms with Crippen molar-refractivity contribution in [3.63, 3.8) is 0 Å². The summed E-state index contributed by atoms with van der Waals surface area (Å²) in [5.74, 6) is -1.44. The molecule has 0 saturated heterocycles. The molecule has 0 radical (unpaired) electrons. The maximum Gasteiger partial charge on any atom is 0.410 e. The first-order valence-electron chi connectivity index (χ1n) is 6.31. The minimum absolute atomic E-state index is 0.0896. The van der Waals surface area contributed by atoms with Crippen molar-refractivity contribution in [2.45, 2.75) is 59.6 Å². The van der Waals surface area contributed by atoms with Crippen LogP contribution >= 0.6 is 0 Å². The largest absolute Gasteiger partial charge is 0.481 e. The lowest BCUT2D eigenvalue weighted by molar-refractivity contribution is -0.142. The summed E-state index contributed by atoms with van der Waals surface area (Å²) in [5, 5.41) is 9.04. The molecule has 0 fully saturated rings. The molecule has 0 saturated carbocycles. The summed E-state index contributed by atoms with van der Waals surface area (Å²) in [6.07, 6.45) is 0.0265. The van der Waals surface area contributed by atoms with E-state index >= 15 is 0 Å². The first-order chi connectivity index (χ1) is 8.08. The van der Waals surface area contributed by atoms with Crippen molar-refractivity contribution in [1.29, 1.82) is 0 Å². The summed E-state index contributed by atoms with van der Waals surface area (Å²) < 4.78 is 5.28. The van der Waals surface area contributed by atoms with Crippen LogP contribution in [-0.2, 0) is 9.53 Å². The van der Waals surface area contributed by atoms with Crippen molar-refractivity contribution < 1.29 is 19.4 Å². The Morgan fingerprint density at radius 3 is 2.06 bits per heavy atom. The molecule has 0 heterocycles. The van der Waals surface area contributed by atoms with Gasteiger partial charge in [-0.2, -0.15) is 0 Å². The number of carboxylic acid groups (broad SMARTS) is 1. The second-order valence-corrected chi connectivity index (χ2v) is 5.67. The van der Waals surface area contributed by atoms with Gasteiger partial charge in [0.25, 0.3) is 0 Å². The van der Waals surface area contributed by atoms with E-state index in [1.54, 1.807) is 27.7 Å². The van der Waals surface area contributed by atoms with Gasteiger partial charge < -0.3 is 14.7 Å². The van der Waals surface area contributed by atoms with E-state index in [9.17, 15) is 9.59 Å². The molecule has 0 aliphatic carbocycles. The minimum atomic E-state index is -0.883. The van der Waals surface area contributed by atoms with E-state index in [2.05, 4.69) is 0 Å². The van der Waals surface area contributed by atoms with Crippen LogP contribution in [0.4, 0.5) is 4.79 Å². The van der Waals surface area contributed by atoms with Crippen LogP contribution < -0.4 is 0 Å². The highest BCUT2D eigenvalue weighted by Crippen LogP contribution is 2.15. The van der Waals surface area contributed by atoms with Gasteiger partial charge in [-0.1, -0.05) is 6.92 Å². The number of amides is 1. The molecular formula is C13H25NO4. The minimum Gasteiger partial charge on any atom is -0.481 e. The highest BCUT2D eigenvalue weighted by atomic mass is 16.6. The number of hydrogen-bond donors (Lipinski definition) is 1. The fraction of sp³-hybridized carbons (Fsp3) is 0.846. The number of aliphatic carboxylic acids is 1. The number of nitrogens with zero attached hydrogens (tertiary/aromatic N) is 1. The van der Waals surface area contributed by atoms with Gasteiger partial charge in [0.1, 0.15) is 5.60 Å². The van der Waals surface area contributed by atoms with E-state index in [1.165, 1.54) is 4.90 Å². The Kier molecular flexibility index (Phi) is 6.15. The lowest BCUT2D eigenvalue weighted by atomic mass is 10.1. The number of rotatable bonds is 5. The van der Waals surface area contributed by atoms with Gasteiger partial charge in [-0.15, -0.1) is 0 Å². The zero-order chi connectivity index (χ0) is 14.5. The summed E-state index contributed by atoms with van der Waals surface area (Å²) in [6, 6.07) is -0.0896. The van der Waals surface area contributed by atoms with E-state index in [-0.39, 0.29) is 12.6 Å². The molecule has 1 N–H and O–H groups in total. The van der Waals surface area contributed by atoms with Crippen LogP contribution in [0.15, 0.2) is 0 Å². The molecule has 1 atom stereocenters. The van der Waals surface area contributed by atoms with E-state index in [0.717, 1.165) is 0 Å². The number of carbonyl (C=O) groups excluding carboxylic acids is 1. The maximum atomic E-state index is 12.0. The molecule has 0 aromatic carbocycles. The molecule has 5 nitrogen and oxygen atoms in total. The first-order valence-corrected chi connectivity index (χ1v) is 6.31. The summed E-state index contributed by atoms with van der Waals surface area (Å²) in [6.45, 7) is 11.0. The van der Waals surface area contributed by atoms with Crippen molar-refractivity contribution in [3.05, 3.63) is 0 Å². The molecular weight excluding hydrogens is 234 g/mol. The predicted molar refractivity (Wildman–Crippen MR) is 69.5 cm³/mol. The molecule has 0 aliphatic heterocycles. The molecule has 0 bridgehead atoms. The van der Waals surface area contributed by atoms with Gasteiger partial charge in [0.15, 0.2) is 0 Å². The molecule has 0 spiro atoms. The smallest absolute Gasteiger partial charge is 0.410 e. The number of carbonyl (C=O) groups is 2. The molecule has 18 heavy (non-hydrogen) atoms. The predicted octanol–water partition coefficient (Wildman–Crippen LogP) is 2.74. The van der Waals surface area contributed by atoms with Gasteiger partial charge in [-0.05, 0) is 41.0 Å². The normalized spacial score (nSPS) is 13.3. The monoisotopic (exact) mass is 259 g/mol. The SMILES string of the molecule is CCC(CN(C(=O)OC(C)(C)C)C(C)C)C(=O)O. The van der Waals surface area contributed by atoms with Gasteiger partial charge in [0.2, 0.25) is 0 Å². The van der Waals surface area contributed by atoms with E-state index in [0.29, 0.717) is 6.42 Å². The summed E-state index contributed by atoms with van der Waals surface area (Å²) in [4.78, 5) is 24.5. The van der Waals surface area contributed by atoms with Gasteiger partial charge in [0, 0.05) is 12.6 Å². The Bertz CT molecular complexity index is 294. The van der Waals surface area contributed by atoms with Crippen LogP contribution in [0, 0.1) is 5.92 Å². The topological polar surface area (TPSA) is 66.8 Å². The summed E-state index contributed by atoms with van der Waals surface area (Å²) in [7, 11) is 0.